The molecule has 1 heterocycles. The number of anilines is 1. The molecule has 1 aliphatic heterocycles. The average molecular weight is 247 g/mol. The summed E-state index contributed by atoms with van der Waals surface area (Å²) in [6.07, 6.45) is 1.66. The van der Waals surface area contributed by atoms with Gasteiger partial charge in [-0.3, -0.25) is 4.79 Å². The lowest BCUT2D eigenvalue weighted by Gasteiger charge is -2.19. The van der Waals surface area contributed by atoms with Crippen molar-refractivity contribution < 1.29 is 4.79 Å². The Bertz CT molecular complexity index is 406. The lowest BCUT2D eigenvalue weighted by Crippen LogP contribution is -2.35. The molecule has 0 atom stereocenters. The van der Waals surface area contributed by atoms with E-state index in [4.69, 9.17) is 0 Å². The minimum Gasteiger partial charge on any atom is -0.369 e. The molecule has 0 bridgehead atoms. The normalized spacial score (nSPS) is 13.5. The fourth-order valence-electron chi connectivity index (χ4n) is 2.30. The van der Waals surface area contributed by atoms with Crippen LogP contribution in [0.3, 0.4) is 0 Å². The molecule has 2 rings (SSSR count). The summed E-state index contributed by atoms with van der Waals surface area (Å²) < 4.78 is 0. The largest absolute Gasteiger partial charge is 0.369 e. The molecule has 98 valence electrons. The van der Waals surface area contributed by atoms with E-state index in [9.17, 15) is 4.79 Å². The highest BCUT2D eigenvalue weighted by molar-refractivity contribution is 5.76. The molecule has 1 amide bonds. The molecule has 1 aliphatic rings. The van der Waals surface area contributed by atoms with Crippen molar-refractivity contribution in [2.24, 2.45) is 0 Å². The summed E-state index contributed by atoms with van der Waals surface area (Å²) in [5, 5.41) is 5.93. The van der Waals surface area contributed by atoms with E-state index in [-0.39, 0.29) is 5.91 Å². The summed E-state index contributed by atoms with van der Waals surface area (Å²) in [7, 11) is 1.86. The van der Waals surface area contributed by atoms with Crippen molar-refractivity contribution in [1.82, 2.24) is 10.6 Å². The van der Waals surface area contributed by atoms with Crippen molar-refractivity contribution in [3.63, 3.8) is 0 Å². The van der Waals surface area contributed by atoms with Crippen molar-refractivity contribution in [2.45, 2.75) is 12.8 Å². The first-order valence-corrected chi connectivity index (χ1v) is 6.55. The minimum absolute atomic E-state index is 0.122. The van der Waals surface area contributed by atoms with E-state index in [0.29, 0.717) is 6.42 Å². The van der Waals surface area contributed by atoms with Gasteiger partial charge in [-0.25, -0.2) is 0 Å². The van der Waals surface area contributed by atoms with Gasteiger partial charge in [-0.15, -0.1) is 0 Å². The van der Waals surface area contributed by atoms with Crippen LogP contribution in [-0.2, 0) is 11.2 Å². The predicted octanol–water partition coefficient (Wildman–Crippen LogP) is 0.775. The molecule has 4 heteroatoms. The Balaban J connectivity index is 1.74. The Morgan fingerprint density at radius 3 is 3.00 bits per heavy atom. The molecule has 0 unspecified atom stereocenters. The topological polar surface area (TPSA) is 44.4 Å². The zero-order valence-corrected chi connectivity index (χ0v) is 10.9. The Labute approximate surface area is 108 Å². The van der Waals surface area contributed by atoms with Crippen LogP contribution >= 0.6 is 0 Å². The van der Waals surface area contributed by atoms with Crippen LogP contribution < -0.4 is 15.5 Å². The van der Waals surface area contributed by atoms with Gasteiger partial charge in [0.2, 0.25) is 5.91 Å². The maximum atomic E-state index is 11.5. The van der Waals surface area contributed by atoms with E-state index >= 15 is 0 Å². The van der Waals surface area contributed by atoms with Gasteiger partial charge >= 0.3 is 0 Å². The maximum Gasteiger partial charge on any atom is 0.221 e. The van der Waals surface area contributed by atoms with E-state index in [1.807, 2.05) is 7.05 Å². The monoisotopic (exact) mass is 247 g/mol. The highest BCUT2D eigenvalue weighted by atomic mass is 16.1. The molecule has 2 N–H and O–H groups in total. The van der Waals surface area contributed by atoms with Gasteiger partial charge in [0.1, 0.15) is 0 Å². The van der Waals surface area contributed by atoms with Crippen molar-refractivity contribution in [2.75, 3.05) is 38.1 Å². The first-order chi connectivity index (χ1) is 8.81. The summed E-state index contributed by atoms with van der Waals surface area (Å²) in [5.74, 6) is 0.122. The summed E-state index contributed by atoms with van der Waals surface area (Å²) in [5.41, 5.74) is 2.74. The number of benzene rings is 1. The quantitative estimate of drug-likeness (QED) is 0.780. The second kappa shape index (κ2) is 6.40. The van der Waals surface area contributed by atoms with Crippen LogP contribution in [0.1, 0.15) is 12.0 Å². The molecule has 0 spiro atoms. The minimum atomic E-state index is 0.122. The fraction of sp³-hybridized carbons (Fsp3) is 0.500. The molecular weight excluding hydrogens is 226 g/mol. The van der Waals surface area contributed by atoms with Crippen molar-refractivity contribution in [3.8, 4) is 0 Å². The average Bonchev–Trinajstić information content (AvgIpc) is 2.80. The van der Waals surface area contributed by atoms with Gasteiger partial charge in [0.05, 0.1) is 0 Å². The van der Waals surface area contributed by atoms with Gasteiger partial charge in [-0.2, -0.15) is 0 Å². The number of fused-ring (bicyclic) bond motifs is 1. The van der Waals surface area contributed by atoms with Gasteiger partial charge in [0.15, 0.2) is 0 Å². The van der Waals surface area contributed by atoms with E-state index in [2.05, 4.69) is 39.8 Å². The smallest absolute Gasteiger partial charge is 0.221 e. The Hall–Kier alpha value is -1.55. The van der Waals surface area contributed by atoms with Gasteiger partial charge < -0.3 is 15.5 Å². The molecule has 1 aromatic rings. The number of hydrogen-bond acceptors (Lipinski definition) is 3. The van der Waals surface area contributed by atoms with Gasteiger partial charge in [0.25, 0.3) is 0 Å². The molecule has 4 nitrogen and oxygen atoms in total. The van der Waals surface area contributed by atoms with Crippen LogP contribution in [0.2, 0.25) is 0 Å². The molecule has 0 aromatic heterocycles. The van der Waals surface area contributed by atoms with Crippen molar-refractivity contribution in [3.05, 3.63) is 29.8 Å². The first kappa shape index (κ1) is 12.9. The Morgan fingerprint density at radius 2 is 2.17 bits per heavy atom. The second-order valence-corrected chi connectivity index (χ2v) is 4.57. The summed E-state index contributed by atoms with van der Waals surface area (Å²) in [6.45, 7) is 3.41. The maximum absolute atomic E-state index is 11.5. The van der Waals surface area contributed by atoms with Crippen LogP contribution in [0.5, 0.6) is 0 Å². The highest BCUT2D eigenvalue weighted by Gasteiger charge is 2.17. The lowest BCUT2D eigenvalue weighted by molar-refractivity contribution is -0.120. The van der Waals surface area contributed by atoms with Crippen LogP contribution in [0, 0.1) is 0 Å². The van der Waals surface area contributed by atoms with Crippen molar-refractivity contribution >= 4 is 11.6 Å². The second-order valence-electron chi connectivity index (χ2n) is 4.57. The summed E-state index contributed by atoms with van der Waals surface area (Å²) >= 11 is 0. The zero-order chi connectivity index (χ0) is 12.8. The van der Waals surface area contributed by atoms with E-state index in [1.165, 1.54) is 11.3 Å². The molecule has 18 heavy (non-hydrogen) atoms. The third kappa shape index (κ3) is 3.23. The van der Waals surface area contributed by atoms with Crippen LogP contribution in [0.4, 0.5) is 5.69 Å². The standard InChI is InChI=1S/C14H21N3O/c1-15-8-6-14(18)16-9-11-17-10-7-12-4-2-3-5-13(12)17/h2-5,15H,6-11H2,1H3,(H,16,18). The van der Waals surface area contributed by atoms with Crippen molar-refractivity contribution in [1.29, 1.82) is 0 Å². The number of rotatable bonds is 6. The summed E-state index contributed by atoms with van der Waals surface area (Å²) in [6, 6.07) is 8.50. The number of para-hydroxylation sites is 1. The van der Waals surface area contributed by atoms with E-state index in [0.717, 1.165) is 32.6 Å². The van der Waals surface area contributed by atoms with Gasteiger partial charge in [-0.05, 0) is 25.1 Å². The fourth-order valence-corrected chi connectivity index (χ4v) is 2.30. The van der Waals surface area contributed by atoms with Crippen LogP contribution in [0.15, 0.2) is 24.3 Å². The van der Waals surface area contributed by atoms with Gasteiger partial charge in [-0.1, -0.05) is 18.2 Å². The number of amides is 1. The molecule has 1 aromatic carbocycles. The number of nitrogens with zero attached hydrogens (tertiary/aromatic N) is 1. The number of hydrogen-bond donors (Lipinski definition) is 2. The van der Waals surface area contributed by atoms with Crippen LogP contribution in [0.25, 0.3) is 0 Å². The number of carbonyl (C=O) groups is 1. The Kier molecular flexibility index (Phi) is 4.59. The predicted molar refractivity (Wildman–Crippen MR) is 73.9 cm³/mol. The lowest BCUT2D eigenvalue weighted by atomic mass is 10.2. The molecule has 0 radical (unpaired) electrons. The molecular formula is C14H21N3O. The molecule has 0 saturated heterocycles. The first-order valence-electron chi connectivity index (χ1n) is 6.55. The summed E-state index contributed by atoms with van der Waals surface area (Å²) in [4.78, 5) is 13.8. The molecule has 0 saturated carbocycles. The van der Waals surface area contributed by atoms with E-state index < -0.39 is 0 Å². The number of nitrogens with one attached hydrogen (secondary N) is 2. The Morgan fingerprint density at radius 1 is 1.33 bits per heavy atom. The molecule has 0 fully saturated rings. The third-order valence-electron chi connectivity index (χ3n) is 3.29. The third-order valence-corrected chi connectivity index (χ3v) is 3.29. The molecule has 0 aliphatic carbocycles. The highest BCUT2D eigenvalue weighted by Crippen LogP contribution is 2.26. The van der Waals surface area contributed by atoms with Gasteiger partial charge in [0, 0.05) is 38.3 Å². The SMILES string of the molecule is CNCCC(=O)NCCN1CCc2ccccc21. The van der Waals surface area contributed by atoms with Crippen LogP contribution in [-0.4, -0.2) is 39.1 Å². The number of carbonyl (C=O) groups excluding carboxylic acids is 1. The van der Waals surface area contributed by atoms with E-state index in [1.54, 1.807) is 0 Å². The zero-order valence-electron chi connectivity index (χ0n) is 10.9.